The van der Waals surface area contributed by atoms with E-state index in [0.29, 0.717) is 17.6 Å². The zero-order valence-electron chi connectivity index (χ0n) is 8.00. The molecule has 1 N–H and O–H groups in total. The van der Waals surface area contributed by atoms with Gasteiger partial charge in [-0.15, -0.1) is 10.2 Å². The molecule has 0 spiro atoms. The van der Waals surface area contributed by atoms with E-state index in [1.54, 1.807) is 10.8 Å². The predicted octanol–water partition coefficient (Wildman–Crippen LogP) is 0.191. The van der Waals surface area contributed by atoms with Crippen LogP contribution in [0.15, 0.2) is 11.3 Å². The summed E-state index contributed by atoms with van der Waals surface area (Å²) in [5, 5.41) is 10.6. The monoisotopic (exact) mass is 206 g/mol. The molecule has 1 atom stereocenters. The van der Waals surface area contributed by atoms with Gasteiger partial charge in [0.25, 0.3) is 11.7 Å². The molecule has 1 aliphatic heterocycles. The lowest BCUT2D eigenvalue weighted by Crippen LogP contribution is -1.99. The molecule has 2 aromatic rings. The van der Waals surface area contributed by atoms with Crippen LogP contribution in [0, 0.1) is 5.92 Å². The van der Waals surface area contributed by atoms with Crippen LogP contribution in [-0.2, 0) is 4.74 Å². The van der Waals surface area contributed by atoms with Crippen molar-refractivity contribution in [1.29, 1.82) is 0 Å². The number of ether oxygens (including phenoxy) is 1. The van der Waals surface area contributed by atoms with Crippen LogP contribution in [0.5, 0.6) is 0 Å². The van der Waals surface area contributed by atoms with Gasteiger partial charge in [0.2, 0.25) is 0 Å². The number of aromatic amines is 1. The summed E-state index contributed by atoms with van der Waals surface area (Å²) >= 11 is 0. The summed E-state index contributed by atoms with van der Waals surface area (Å²) in [5.74, 6) is 1.44. The molecule has 2 aromatic heterocycles. The minimum Gasteiger partial charge on any atom is -0.381 e. The zero-order valence-corrected chi connectivity index (χ0v) is 8.00. The molecule has 3 rings (SSSR count). The van der Waals surface area contributed by atoms with E-state index in [9.17, 15) is 0 Å². The second-order valence-electron chi connectivity index (χ2n) is 3.42. The number of aromatic nitrogens is 5. The highest BCUT2D eigenvalue weighted by molar-refractivity contribution is 5.64. The minimum absolute atomic E-state index is 0.389. The first-order valence-corrected chi connectivity index (χ1v) is 4.80. The summed E-state index contributed by atoms with van der Waals surface area (Å²) in [6.07, 6.45) is 4.44. The Labute approximate surface area is 85.2 Å². The summed E-state index contributed by atoms with van der Waals surface area (Å²) in [7, 11) is 0. The van der Waals surface area contributed by atoms with Crippen LogP contribution in [0.25, 0.3) is 5.78 Å². The molecule has 15 heavy (non-hydrogen) atoms. The van der Waals surface area contributed by atoms with E-state index in [0.717, 1.165) is 19.6 Å². The van der Waals surface area contributed by atoms with Crippen LogP contribution in [0.4, 0.5) is 5.95 Å². The van der Waals surface area contributed by atoms with E-state index in [2.05, 4.69) is 25.3 Å². The highest BCUT2D eigenvalue weighted by atomic mass is 16.5. The maximum absolute atomic E-state index is 5.25. The maximum Gasteiger partial charge on any atom is 0.273 e. The van der Waals surface area contributed by atoms with Gasteiger partial charge in [0.1, 0.15) is 6.33 Å². The fraction of sp³-hybridized carbons (Fsp3) is 0.500. The van der Waals surface area contributed by atoms with Crippen LogP contribution in [0.2, 0.25) is 0 Å². The number of nitrogens with zero attached hydrogens (tertiary/aromatic N) is 5. The first-order chi connectivity index (χ1) is 7.43. The Balaban J connectivity index is 1.85. The van der Waals surface area contributed by atoms with Crippen molar-refractivity contribution in [1.82, 2.24) is 24.8 Å². The average Bonchev–Trinajstić information content (AvgIpc) is 2.93. The highest BCUT2D eigenvalue weighted by Crippen LogP contribution is 2.12. The maximum atomic E-state index is 5.25. The van der Waals surface area contributed by atoms with Gasteiger partial charge >= 0.3 is 0 Å². The normalized spacial score (nSPS) is 22.0. The summed E-state index contributed by atoms with van der Waals surface area (Å²) in [4.78, 5) is 8.22. The van der Waals surface area contributed by atoms with Crippen molar-refractivity contribution in [2.75, 3.05) is 13.2 Å². The predicted molar refractivity (Wildman–Crippen MR) is 52.2 cm³/mol. The molecule has 0 radical (unpaired) electrons. The Bertz CT molecular complexity index is 480. The topological polar surface area (TPSA) is 80.5 Å². The SMILES string of the molecule is C(=Nc1nnc2nc[nH]n12)C1CCOC1. The summed E-state index contributed by atoms with van der Waals surface area (Å²) in [6, 6.07) is 0. The van der Waals surface area contributed by atoms with E-state index in [-0.39, 0.29) is 0 Å². The Morgan fingerprint density at radius 2 is 2.60 bits per heavy atom. The Kier molecular flexibility index (Phi) is 1.95. The number of rotatable bonds is 2. The lowest BCUT2D eigenvalue weighted by molar-refractivity contribution is 0.193. The van der Waals surface area contributed by atoms with Gasteiger partial charge in [-0.25, -0.2) is 4.99 Å². The van der Waals surface area contributed by atoms with Gasteiger partial charge in [-0.3, -0.25) is 5.10 Å². The standard InChI is InChI=1S/C8H10N6O/c1-2-15-4-6(1)3-9-7-12-13-8-10-5-11-14(7)8/h3,5-6H,1-2,4H2,(H,10,11,13). The lowest BCUT2D eigenvalue weighted by atomic mass is 10.1. The average molecular weight is 206 g/mol. The van der Waals surface area contributed by atoms with Crippen molar-refractivity contribution in [2.24, 2.45) is 10.9 Å². The second kappa shape index (κ2) is 3.43. The van der Waals surface area contributed by atoms with E-state index in [1.807, 2.05) is 6.21 Å². The second-order valence-corrected chi connectivity index (χ2v) is 3.42. The highest BCUT2D eigenvalue weighted by Gasteiger charge is 2.13. The molecule has 7 heteroatoms. The number of hydrogen-bond acceptors (Lipinski definition) is 5. The van der Waals surface area contributed by atoms with Gasteiger partial charge in [0, 0.05) is 18.7 Å². The Morgan fingerprint density at radius 3 is 3.47 bits per heavy atom. The zero-order chi connectivity index (χ0) is 10.1. The molecule has 1 saturated heterocycles. The summed E-state index contributed by atoms with van der Waals surface area (Å²) < 4.78 is 6.88. The molecule has 7 nitrogen and oxygen atoms in total. The van der Waals surface area contributed by atoms with E-state index in [4.69, 9.17) is 4.74 Å². The molecule has 78 valence electrons. The number of H-pyrrole nitrogens is 1. The van der Waals surface area contributed by atoms with Gasteiger partial charge in [-0.05, 0) is 6.42 Å². The van der Waals surface area contributed by atoms with Gasteiger partial charge in [0.15, 0.2) is 0 Å². The fourth-order valence-electron chi connectivity index (χ4n) is 1.54. The van der Waals surface area contributed by atoms with Crippen molar-refractivity contribution < 1.29 is 4.74 Å². The first-order valence-electron chi connectivity index (χ1n) is 4.80. The van der Waals surface area contributed by atoms with E-state index >= 15 is 0 Å². The van der Waals surface area contributed by atoms with Crippen molar-refractivity contribution in [3.05, 3.63) is 6.33 Å². The molecule has 1 unspecified atom stereocenters. The first kappa shape index (κ1) is 8.54. The third-order valence-corrected chi connectivity index (χ3v) is 2.36. The Hall–Kier alpha value is -1.76. The Morgan fingerprint density at radius 1 is 1.60 bits per heavy atom. The van der Waals surface area contributed by atoms with Crippen LogP contribution in [0.3, 0.4) is 0 Å². The molecule has 0 bridgehead atoms. The smallest absolute Gasteiger partial charge is 0.273 e. The van der Waals surface area contributed by atoms with E-state index in [1.165, 1.54) is 0 Å². The molecular formula is C8H10N6O. The third-order valence-electron chi connectivity index (χ3n) is 2.36. The van der Waals surface area contributed by atoms with Crippen molar-refractivity contribution in [3.63, 3.8) is 0 Å². The fourth-order valence-corrected chi connectivity index (χ4v) is 1.54. The molecule has 0 amide bonds. The van der Waals surface area contributed by atoms with E-state index < -0.39 is 0 Å². The van der Waals surface area contributed by atoms with Crippen LogP contribution >= 0.6 is 0 Å². The van der Waals surface area contributed by atoms with Gasteiger partial charge in [-0.1, -0.05) is 0 Å². The van der Waals surface area contributed by atoms with Crippen molar-refractivity contribution in [3.8, 4) is 0 Å². The number of hydrogen-bond donors (Lipinski definition) is 1. The summed E-state index contributed by atoms with van der Waals surface area (Å²) in [6.45, 7) is 1.56. The van der Waals surface area contributed by atoms with Gasteiger partial charge in [0.05, 0.1) is 6.61 Å². The van der Waals surface area contributed by atoms with Crippen LogP contribution in [-0.4, -0.2) is 44.2 Å². The number of aliphatic imine (C=N–C) groups is 1. The largest absolute Gasteiger partial charge is 0.381 e. The molecule has 1 aliphatic rings. The van der Waals surface area contributed by atoms with Crippen molar-refractivity contribution >= 4 is 17.9 Å². The minimum atomic E-state index is 0.389. The molecular weight excluding hydrogens is 196 g/mol. The summed E-state index contributed by atoms with van der Waals surface area (Å²) in [5.41, 5.74) is 0. The lowest BCUT2D eigenvalue weighted by Gasteiger charge is -1.95. The third kappa shape index (κ3) is 1.50. The molecule has 0 aromatic carbocycles. The number of nitrogens with one attached hydrogen (secondary N) is 1. The van der Waals surface area contributed by atoms with Crippen molar-refractivity contribution in [2.45, 2.75) is 6.42 Å². The van der Waals surface area contributed by atoms with Gasteiger partial charge in [-0.2, -0.15) is 9.50 Å². The quantitative estimate of drug-likeness (QED) is 0.711. The van der Waals surface area contributed by atoms with Crippen LogP contribution in [0.1, 0.15) is 6.42 Å². The molecule has 0 aliphatic carbocycles. The molecule has 1 fully saturated rings. The molecule has 3 heterocycles. The van der Waals surface area contributed by atoms with Crippen LogP contribution < -0.4 is 0 Å². The number of fused-ring (bicyclic) bond motifs is 1. The molecule has 0 saturated carbocycles. The van der Waals surface area contributed by atoms with Gasteiger partial charge < -0.3 is 4.74 Å².